The highest BCUT2D eigenvalue weighted by Crippen LogP contribution is 2.27. The van der Waals surface area contributed by atoms with Crippen molar-refractivity contribution < 1.29 is 9.53 Å². The number of benzene rings is 3. The van der Waals surface area contributed by atoms with Crippen molar-refractivity contribution in [2.24, 2.45) is 0 Å². The lowest BCUT2D eigenvalue weighted by atomic mass is 10.1. The van der Waals surface area contributed by atoms with Crippen LogP contribution < -0.4 is 10.1 Å². The first kappa shape index (κ1) is 23.3. The van der Waals surface area contributed by atoms with Crippen LogP contribution in [0.1, 0.15) is 33.4 Å². The van der Waals surface area contributed by atoms with Crippen LogP contribution >= 0.6 is 15.9 Å². The van der Waals surface area contributed by atoms with Crippen molar-refractivity contribution in [3.05, 3.63) is 98.0 Å². The second-order valence-electron chi connectivity index (χ2n) is 7.81. The Hall–Kier alpha value is -3.36. The highest BCUT2D eigenvalue weighted by Gasteiger charge is 2.13. The molecule has 0 aromatic heterocycles. The smallest absolute Gasteiger partial charge is 0.266 e. The van der Waals surface area contributed by atoms with E-state index >= 15 is 0 Å². The Kier molecular flexibility index (Phi) is 7.50. The lowest BCUT2D eigenvalue weighted by molar-refractivity contribution is -0.112. The van der Waals surface area contributed by atoms with E-state index in [2.05, 4.69) is 47.2 Å². The van der Waals surface area contributed by atoms with Gasteiger partial charge in [-0.15, -0.1) is 0 Å². The number of rotatable bonds is 6. The van der Waals surface area contributed by atoms with E-state index in [-0.39, 0.29) is 5.57 Å². The Labute approximate surface area is 197 Å². The zero-order valence-electron chi connectivity index (χ0n) is 18.6. The SMILES string of the molecule is Cc1ccc(COc2ccc(Br)cc2/C=C(\C#N)C(=O)Nc2ccc(C)c(C)c2)cc1C. The van der Waals surface area contributed by atoms with Gasteiger partial charge in [-0.3, -0.25) is 4.79 Å². The molecular weight excluding hydrogens is 464 g/mol. The van der Waals surface area contributed by atoms with Gasteiger partial charge in [0.2, 0.25) is 0 Å². The van der Waals surface area contributed by atoms with Gasteiger partial charge in [0.05, 0.1) is 0 Å². The molecule has 0 fully saturated rings. The fourth-order valence-corrected chi connectivity index (χ4v) is 3.52. The number of anilines is 1. The maximum atomic E-state index is 12.7. The lowest BCUT2D eigenvalue weighted by Gasteiger charge is -2.12. The van der Waals surface area contributed by atoms with Crippen molar-refractivity contribution in [2.45, 2.75) is 34.3 Å². The molecule has 3 rings (SSSR count). The van der Waals surface area contributed by atoms with Crippen LogP contribution in [0.3, 0.4) is 0 Å². The van der Waals surface area contributed by atoms with Crippen molar-refractivity contribution in [1.82, 2.24) is 0 Å². The minimum atomic E-state index is -0.462. The molecule has 0 unspecified atom stereocenters. The summed E-state index contributed by atoms with van der Waals surface area (Å²) in [4.78, 5) is 12.7. The van der Waals surface area contributed by atoms with Gasteiger partial charge in [0, 0.05) is 15.7 Å². The van der Waals surface area contributed by atoms with Crippen LogP contribution in [0, 0.1) is 39.0 Å². The molecule has 32 heavy (non-hydrogen) atoms. The number of carbonyl (C=O) groups excluding carboxylic acids is 1. The van der Waals surface area contributed by atoms with E-state index in [1.165, 1.54) is 11.1 Å². The minimum Gasteiger partial charge on any atom is -0.488 e. The number of ether oxygens (including phenoxy) is 1. The highest BCUT2D eigenvalue weighted by atomic mass is 79.9. The first-order valence-electron chi connectivity index (χ1n) is 10.3. The average Bonchev–Trinajstić information content (AvgIpc) is 2.76. The number of hydrogen-bond donors (Lipinski definition) is 1. The maximum Gasteiger partial charge on any atom is 0.266 e. The van der Waals surface area contributed by atoms with Crippen LogP contribution in [0.15, 0.2) is 64.6 Å². The Bertz CT molecular complexity index is 1240. The van der Waals surface area contributed by atoms with E-state index in [1.807, 2.05) is 62.4 Å². The van der Waals surface area contributed by atoms with Gasteiger partial charge in [-0.1, -0.05) is 40.2 Å². The number of nitriles is 1. The van der Waals surface area contributed by atoms with Crippen molar-refractivity contribution in [3.63, 3.8) is 0 Å². The monoisotopic (exact) mass is 488 g/mol. The van der Waals surface area contributed by atoms with Crippen LogP contribution in [-0.2, 0) is 11.4 Å². The van der Waals surface area contributed by atoms with E-state index in [1.54, 1.807) is 6.08 Å². The number of nitrogens with zero attached hydrogens (tertiary/aromatic N) is 1. The van der Waals surface area contributed by atoms with E-state index in [0.29, 0.717) is 23.6 Å². The first-order chi connectivity index (χ1) is 15.3. The summed E-state index contributed by atoms with van der Waals surface area (Å²) in [6.07, 6.45) is 1.55. The third-order valence-electron chi connectivity index (χ3n) is 5.37. The molecule has 4 nitrogen and oxygen atoms in total. The molecule has 0 saturated carbocycles. The van der Waals surface area contributed by atoms with Gasteiger partial charge >= 0.3 is 0 Å². The predicted octanol–water partition coefficient (Wildman–Crippen LogP) is 6.81. The minimum absolute atomic E-state index is 0.00245. The van der Waals surface area contributed by atoms with Crippen molar-refractivity contribution >= 4 is 33.6 Å². The molecule has 0 aliphatic rings. The molecule has 1 amide bonds. The van der Waals surface area contributed by atoms with E-state index in [0.717, 1.165) is 21.2 Å². The Morgan fingerprint density at radius 2 is 1.66 bits per heavy atom. The summed E-state index contributed by atoms with van der Waals surface area (Å²) in [5.74, 6) is 0.133. The van der Waals surface area contributed by atoms with Crippen LogP contribution in [0.2, 0.25) is 0 Å². The molecule has 5 heteroatoms. The van der Waals surface area contributed by atoms with Gasteiger partial charge < -0.3 is 10.1 Å². The molecule has 0 spiro atoms. The van der Waals surface area contributed by atoms with Gasteiger partial charge in [0.15, 0.2) is 0 Å². The zero-order valence-corrected chi connectivity index (χ0v) is 20.2. The fourth-order valence-electron chi connectivity index (χ4n) is 3.14. The Morgan fingerprint density at radius 1 is 0.969 bits per heavy atom. The molecule has 162 valence electrons. The Morgan fingerprint density at radius 3 is 2.31 bits per heavy atom. The largest absolute Gasteiger partial charge is 0.488 e. The second kappa shape index (κ2) is 10.3. The highest BCUT2D eigenvalue weighted by molar-refractivity contribution is 9.10. The number of halogens is 1. The molecular formula is C27H25BrN2O2. The average molecular weight is 489 g/mol. The molecule has 1 N–H and O–H groups in total. The van der Waals surface area contributed by atoms with Gasteiger partial charge in [-0.2, -0.15) is 5.26 Å². The van der Waals surface area contributed by atoms with Gasteiger partial charge in [-0.25, -0.2) is 0 Å². The third kappa shape index (κ3) is 5.87. The Balaban J connectivity index is 1.83. The number of nitrogens with one attached hydrogen (secondary N) is 1. The quantitative estimate of drug-likeness (QED) is 0.306. The molecule has 0 aliphatic heterocycles. The molecule has 0 atom stereocenters. The molecule has 3 aromatic rings. The van der Waals surface area contributed by atoms with E-state index in [4.69, 9.17) is 4.74 Å². The van der Waals surface area contributed by atoms with E-state index in [9.17, 15) is 10.1 Å². The van der Waals surface area contributed by atoms with Gasteiger partial charge in [0.1, 0.15) is 24.0 Å². The molecule has 3 aromatic carbocycles. The number of aryl methyl sites for hydroxylation is 4. The van der Waals surface area contributed by atoms with Crippen LogP contribution in [0.5, 0.6) is 5.75 Å². The molecule has 0 bridgehead atoms. The first-order valence-corrected chi connectivity index (χ1v) is 11.0. The number of hydrogen-bond acceptors (Lipinski definition) is 3. The molecule has 0 heterocycles. The molecule has 0 aliphatic carbocycles. The van der Waals surface area contributed by atoms with Gasteiger partial charge in [-0.05, 0) is 91.9 Å². The summed E-state index contributed by atoms with van der Waals surface area (Å²) in [7, 11) is 0. The topological polar surface area (TPSA) is 62.1 Å². The summed E-state index contributed by atoms with van der Waals surface area (Å²) in [5.41, 5.74) is 7.00. The predicted molar refractivity (Wildman–Crippen MR) is 133 cm³/mol. The third-order valence-corrected chi connectivity index (χ3v) is 5.86. The standard InChI is InChI=1S/C27H25BrN2O2/c1-17-5-7-21(11-19(17)3)16-32-26-10-8-24(28)14-22(26)13-23(15-29)27(31)30-25-9-6-18(2)20(4)12-25/h5-14H,16H2,1-4H3,(H,30,31)/b23-13+. The normalized spacial score (nSPS) is 11.1. The number of carbonyl (C=O) groups is 1. The summed E-state index contributed by atoms with van der Waals surface area (Å²) in [5, 5.41) is 12.4. The van der Waals surface area contributed by atoms with Crippen LogP contribution in [0.4, 0.5) is 5.69 Å². The maximum absolute atomic E-state index is 12.7. The zero-order chi connectivity index (χ0) is 23.3. The van der Waals surface area contributed by atoms with Gasteiger partial charge in [0.25, 0.3) is 5.91 Å². The fraction of sp³-hybridized carbons (Fsp3) is 0.185. The van der Waals surface area contributed by atoms with Crippen molar-refractivity contribution in [3.8, 4) is 11.8 Å². The lowest BCUT2D eigenvalue weighted by Crippen LogP contribution is -2.13. The van der Waals surface area contributed by atoms with Crippen molar-refractivity contribution in [1.29, 1.82) is 5.26 Å². The van der Waals surface area contributed by atoms with Crippen molar-refractivity contribution in [2.75, 3.05) is 5.32 Å². The summed E-state index contributed by atoms with van der Waals surface area (Å²) < 4.78 is 6.87. The second-order valence-corrected chi connectivity index (χ2v) is 8.73. The summed E-state index contributed by atoms with van der Waals surface area (Å²) in [6, 6.07) is 19.4. The molecule has 0 radical (unpaired) electrons. The summed E-state index contributed by atoms with van der Waals surface area (Å²) >= 11 is 3.46. The molecule has 0 saturated heterocycles. The van der Waals surface area contributed by atoms with Crippen LogP contribution in [-0.4, -0.2) is 5.91 Å². The van der Waals surface area contributed by atoms with Crippen LogP contribution in [0.25, 0.3) is 6.08 Å². The van der Waals surface area contributed by atoms with E-state index < -0.39 is 5.91 Å². The number of amides is 1. The summed E-state index contributed by atoms with van der Waals surface area (Å²) in [6.45, 7) is 8.52.